The summed E-state index contributed by atoms with van der Waals surface area (Å²) in [5.74, 6) is 0.297. The summed E-state index contributed by atoms with van der Waals surface area (Å²) in [6.07, 6.45) is 4.28. The quantitative estimate of drug-likeness (QED) is 0.720. The maximum absolute atomic E-state index is 12.5. The molecule has 1 heterocycles. The van der Waals surface area contributed by atoms with Crippen LogP contribution in [0.1, 0.15) is 30.4 Å². The molecule has 1 fully saturated rings. The average molecular weight is 335 g/mol. The van der Waals surface area contributed by atoms with Crippen molar-refractivity contribution < 1.29 is 13.2 Å². The van der Waals surface area contributed by atoms with E-state index in [4.69, 9.17) is 0 Å². The third-order valence-electron chi connectivity index (χ3n) is 4.27. The topological polar surface area (TPSA) is 54.5 Å². The fourth-order valence-corrected chi connectivity index (χ4v) is 4.69. The van der Waals surface area contributed by atoms with Gasteiger partial charge in [-0.2, -0.15) is 0 Å². The molecule has 2 rings (SSSR count). The van der Waals surface area contributed by atoms with Gasteiger partial charge < -0.3 is 4.90 Å². The standard InChI is InChI=1S/C18H25NO3S/c1-3-12-19(17-11-13-23(21,22)14-17)18(20)6-4-5-16-9-7-15(2)8-10-16/h3,7-10,17H,1,4-6,11-14H2,2H3/t17-/m0/s1. The van der Waals surface area contributed by atoms with E-state index in [1.165, 1.54) is 11.1 Å². The number of carbonyl (C=O) groups excluding carboxylic acids is 1. The predicted molar refractivity (Wildman–Crippen MR) is 93.1 cm³/mol. The molecule has 5 heteroatoms. The fraction of sp³-hybridized carbons (Fsp3) is 0.500. The molecule has 0 radical (unpaired) electrons. The minimum absolute atomic E-state index is 0.0270. The molecule has 4 nitrogen and oxygen atoms in total. The van der Waals surface area contributed by atoms with Gasteiger partial charge in [0.25, 0.3) is 0 Å². The Morgan fingerprint density at radius 2 is 2.04 bits per heavy atom. The minimum Gasteiger partial charge on any atom is -0.335 e. The number of hydrogen-bond acceptors (Lipinski definition) is 3. The molecule has 0 bridgehead atoms. The Bertz CT molecular complexity index is 649. The molecular formula is C18H25NO3S. The van der Waals surface area contributed by atoms with Gasteiger partial charge in [0.15, 0.2) is 9.84 Å². The SMILES string of the molecule is C=CCN(C(=O)CCCc1ccc(C)cc1)[C@H]1CCS(=O)(=O)C1. The summed E-state index contributed by atoms with van der Waals surface area (Å²) >= 11 is 0. The van der Waals surface area contributed by atoms with Crippen LogP contribution in [0.2, 0.25) is 0 Å². The Morgan fingerprint density at radius 3 is 2.61 bits per heavy atom. The van der Waals surface area contributed by atoms with Crippen LogP contribution in [0.15, 0.2) is 36.9 Å². The molecule has 23 heavy (non-hydrogen) atoms. The van der Waals surface area contributed by atoms with E-state index in [9.17, 15) is 13.2 Å². The molecule has 0 N–H and O–H groups in total. The van der Waals surface area contributed by atoms with Gasteiger partial charge in [-0.05, 0) is 31.7 Å². The van der Waals surface area contributed by atoms with Crippen molar-refractivity contribution in [2.45, 2.75) is 38.6 Å². The first-order valence-electron chi connectivity index (χ1n) is 8.07. The summed E-state index contributed by atoms with van der Waals surface area (Å²) in [5.41, 5.74) is 2.45. The van der Waals surface area contributed by atoms with Gasteiger partial charge in [-0.25, -0.2) is 8.42 Å². The summed E-state index contributed by atoms with van der Waals surface area (Å²) in [5, 5.41) is 0. The first-order valence-corrected chi connectivity index (χ1v) is 9.90. The van der Waals surface area contributed by atoms with Crippen LogP contribution in [0.4, 0.5) is 0 Å². The number of rotatable bonds is 7. The van der Waals surface area contributed by atoms with Crippen LogP contribution in [0.5, 0.6) is 0 Å². The van der Waals surface area contributed by atoms with E-state index in [1.54, 1.807) is 11.0 Å². The van der Waals surface area contributed by atoms with E-state index in [2.05, 4.69) is 37.8 Å². The van der Waals surface area contributed by atoms with Crippen LogP contribution in [0.25, 0.3) is 0 Å². The zero-order valence-corrected chi connectivity index (χ0v) is 14.5. The highest BCUT2D eigenvalue weighted by atomic mass is 32.2. The molecule has 1 aliphatic heterocycles. The fourth-order valence-electron chi connectivity index (χ4n) is 2.96. The van der Waals surface area contributed by atoms with E-state index >= 15 is 0 Å². The smallest absolute Gasteiger partial charge is 0.223 e. The summed E-state index contributed by atoms with van der Waals surface area (Å²) in [7, 11) is -2.99. The van der Waals surface area contributed by atoms with Crippen LogP contribution in [-0.2, 0) is 21.1 Å². The van der Waals surface area contributed by atoms with Crippen molar-refractivity contribution in [2.24, 2.45) is 0 Å². The van der Waals surface area contributed by atoms with Crippen LogP contribution in [0.3, 0.4) is 0 Å². The molecule has 1 aliphatic rings. The van der Waals surface area contributed by atoms with E-state index in [1.807, 2.05) is 0 Å². The van der Waals surface area contributed by atoms with Crippen LogP contribution in [-0.4, -0.2) is 43.3 Å². The zero-order valence-electron chi connectivity index (χ0n) is 13.7. The van der Waals surface area contributed by atoms with Crippen molar-refractivity contribution in [3.63, 3.8) is 0 Å². The monoisotopic (exact) mass is 335 g/mol. The lowest BCUT2D eigenvalue weighted by molar-refractivity contribution is -0.132. The van der Waals surface area contributed by atoms with Gasteiger partial charge in [0.05, 0.1) is 11.5 Å². The lowest BCUT2D eigenvalue weighted by atomic mass is 10.1. The molecule has 1 amide bonds. The Labute approximate surface area is 139 Å². The van der Waals surface area contributed by atoms with Gasteiger partial charge in [0.2, 0.25) is 5.91 Å². The molecule has 0 aliphatic carbocycles. The van der Waals surface area contributed by atoms with Gasteiger partial charge in [-0.3, -0.25) is 4.79 Å². The second kappa shape index (κ2) is 7.77. The predicted octanol–water partition coefficient (Wildman–Crippen LogP) is 2.52. The summed E-state index contributed by atoms with van der Waals surface area (Å²) < 4.78 is 23.3. The maximum Gasteiger partial charge on any atom is 0.223 e. The minimum atomic E-state index is -2.99. The number of benzene rings is 1. The van der Waals surface area contributed by atoms with Crippen molar-refractivity contribution in [1.29, 1.82) is 0 Å². The highest BCUT2D eigenvalue weighted by Crippen LogP contribution is 2.19. The molecule has 1 atom stereocenters. The highest BCUT2D eigenvalue weighted by Gasteiger charge is 2.33. The Kier molecular flexibility index (Phi) is 5.99. The molecule has 0 unspecified atom stereocenters. The number of aryl methyl sites for hydroxylation is 2. The lowest BCUT2D eigenvalue weighted by Crippen LogP contribution is -2.41. The van der Waals surface area contributed by atoms with Crippen molar-refractivity contribution in [3.05, 3.63) is 48.0 Å². The van der Waals surface area contributed by atoms with E-state index < -0.39 is 9.84 Å². The number of amides is 1. The third-order valence-corrected chi connectivity index (χ3v) is 6.02. The second-order valence-corrected chi connectivity index (χ2v) is 8.46. The molecule has 1 aromatic carbocycles. The molecule has 126 valence electrons. The van der Waals surface area contributed by atoms with Crippen LogP contribution >= 0.6 is 0 Å². The Hall–Kier alpha value is -1.62. The van der Waals surface area contributed by atoms with Gasteiger partial charge in [-0.1, -0.05) is 35.9 Å². The maximum atomic E-state index is 12.5. The van der Waals surface area contributed by atoms with Gasteiger partial charge in [0, 0.05) is 19.0 Å². The van der Waals surface area contributed by atoms with Crippen LogP contribution < -0.4 is 0 Å². The van der Waals surface area contributed by atoms with E-state index in [0.717, 1.165) is 12.8 Å². The molecule has 0 saturated carbocycles. The second-order valence-electron chi connectivity index (χ2n) is 6.23. The summed E-state index contributed by atoms with van der Waals surface area (Å²) in [6, 6.07) is 8.13. The molecule has 0 aromatic heterocycles. The van der Waals surface area contributed by atoms with Crippen LogP contribution in [0, 0.1) is 6.92 Å². The van der Waals surface area contributed by atoms with Crippen molar-refractivity contribution in [2.75, 3.05) is 18.1 Å². The zero-order chi connectivity index (χ0) is 16.9. The van der Waals surface area contributed by atoms with Crippen molar-refractivity contribution >= 4 is 15.7 Å². The molecular weight excluding hydrogens is 310 g/mol. The summed E-state index contributed by atoms with van der Waals surface area (Å²) in [4.78, 5) is 14.1. The van der Waals surface area contributed by atoms with Gasteiger partial charge in [-0.15, -0.1) is 6.58 Å². The molecule has 1 aromatic rings. The largest absolute Gasteiger partial charge is 0.335 e. The molecule has 1 saturated heterocycles. The van der Waals surface area contributed by atoms with Gasteiger partial charge >= 0.3 is 0 Å². The normalized spacial score (nSPS) is 19.4. The number of carbonyl (C=O) groups is 1. The Morgan fingerprint density at radius 1 is 1.35 bits per heavy atom. The summed E-state index contributed by atoms with van der Waals surface area (Å²) in [6.45, 7) is 6.16. The lowest BCUT2D eigenvalue weighted by Gasteiger charge is -2.27. The average Bonchev–Trinajstić information content (AvgIpc) is 2.86. The van der Waals surface area contributed by atoms with Crippen molar-refractivity contribution in [1.82, 2.24) is 4.90 Å². The third kappa shape index (κ3) is 5.20. The van der Waals surface area contributed by atoms with Crippen molar-refractivity contribution in [3.8, 4) is 0 Å². The Balaban J connectivity index is 1.88. The first-order chi connectivity index (χ1) is 10.9. The number of sulfone groups is 1. The van der Waals surface area contributed by atoms with E-state index in [0.29, 0.717) is 19.4 Å². The molecule has 0 spiro atoms. The highest BCUT2D eigenvalue weighted by molar-refractivity contribution is 7.91. The number of nitrogens with zero attached hydrogens (tertiary/aromatic N) is 1. The van der Waals surface area contributed by atoms with Gasteiger partial charge in [0.1, 0.15) is 0 Å². The number of hydrogen-bond donors (Lipinski definition) is 0. The van der Waals surface area contributed by atoms with E-state index in [-0.39, 0.29) is 23.5 Å². The first kappa shape index (κ1) is 17.7.